The van der Waals surface area contributed by atoms with Gasteiger partial charge < -0.3 is 14.8 Å². The van der Waals surface area contributed by atoms with E-state index in [1.165, 1.54) is 0 Å². The summed E-state index contributed by atoms with van der Waals surface area (Å²) in [6.45, 7) is 2.06. The topological polar surface area (TPSA) is 76.2 Å². The molecule has 0 fully saturated rings. The van der Waals surface area contributed by atoms with E-state index in [1.807, 2.05) is 42.5 Å². The predicted octanol–water partition coefficient (Wildman–Crippen LogP) is 3.12. The molecule has 0 spiro atoms. The highest BCUT2D eigenvalue weighted by atomic mass is 16.5. The second kappa shape index (κ2) is 7.14. The molecule has 1 heterocycles. The molecular formula is C18H19N3O3. The lowest BCUT2D eigenvalue weighted by molar-refractivity contribution is -0.127. The third kappa shape index (κ3) is 3.55. The highest BCUT2D eigenvalue weighted by Gasteiger charge is 2.15. The number of carbonyl (C=O) groups excluding carboxylic acids is 1. The Balaban J connectivity index is 1.61. The van der Waals surface area contributed by atoms with Gasteiger partial charge in [-0.3, -0.25) is 9.89 Å². The number of anilines is 1. The van der Waals surface area contributed by atoms with Gasteiger partial charge in [0.05, 0.1) is 31.1 Å². The maximum absolute atomic E-state index is 12.3. The van der Waals surface area contributed by atoms with Crippen LogP contribution in [0.4, 0.5) is 5.69 Å². The molecule has 0 saturated heterocycles. The molecule has 3 aromatic rings. The highest BCUT2D eigenvalue weighted by Crippen LogP contribution is 2.21. The summed E-state index contributed by atoms with van der Waals surface area (Å²) in [6.07, 6.45) is 1.13. The third-order valence-corrected chi connectivity index (χ3v) is 3.74. The number of amides is 1. The lowest BCUT2D eigenvalue weighted by Crippen LogP contribution is -2.27. The quantitative estimate of drug-likeness (QED) is 0.730. The number of carbonyl (C=O) groups is 1. The maximum atomic E-state index is 12.3. The van der Waals surface area contributed by atoms with Crippen molar-refractivity contribution in [1.29, 1.82) is 0 Å². The maximum Gasteiger partial charge on any atom is 0.253 e. The van der Waals surface area contributed by atoms with Crippen LogP contribution < -0.4 is 10.1 Å². The van der Waals surface area contributed by atoms with Crippen LogP contribution >= 0.6 is 0 Å². The van der Waals surface area contributed by atoms with Crippen molar-refractivity contribution in [3.05, 3.63) is 54.2 Å². The number of rotatable bonds is 6. The van der Waals surface area contributed by atoms with Crippen LogP contribution in [-0.4, -0.2) is 29.3 Å². The fraction of sp³-hybridized carbons (Fsp3) is 0.222. The van der Waals surface area contributed by atoms with Gasteiger partial charge in [0.25, 0.3) is 5.91 Å². The molecule has 0 saturated carbocycles. The number of aromatic nitrogens is 2. The third-order valence-electron chi connectivity index (χ3n) is 3.74. The number of benzene rings is 2. The molecular weight excluding hydrogens is 306 g/mol. The molecule has 6 heteroatoms. The van der Waals surface area contributed by atoms with Crippen molar-refractivity contribution >= 4 is 22.5 Å². The molecule has 6 nitrogen and oxygen atoms in total. The summed E-state index contributed by atoms with van der Waals surface area (Å²) in [5.41, 5.74) is 2.43. The van der Waals surface area contributed by atoms with E-state index < -0.39 is 6.10 Å². The molecule has 1 aromatic heterocycles. The van der Waals surface area contributed by atoms with Crippen molar-refractivity contribution < 1.29 is 14.3 Å². The summed E-state index contributed by atoms with van der Waals surface area (Å²) < 4.78 is 10.8. The van der Waals surface area contributed by atoms with Crippen LogP contribution in [0.5, 0.6) is 5.75 Å². The second-order valence-electron chi connectivity index (χ2n) is 5.43. The van der Waals surface area contributed by atoms with E-state index in [2.05, 4.69) is 15.5 Å². The number of ether oxygens (including phenoxy) is 2. The predicted molar refractivity (Wildman–Crippen MR) is 92.0 cm³/mol. The molecule has 24 heavy (non-hydrogen) atoms. The normalized spacial score (nSPS) is 12.1. The molecule has 0 aliphatic rings. The van der Waals surface area contributed by atoms with Crippen molar-refractivity contribution in [2.45, 2.75) is 19.6 Å². The zero-order chi connectivity index (χ0) is 16.9. The summed E-state index contributed by atoms with van der Waals surface area (Å²) in [4.78, 5) is 12.3. The standard InChI is InChI=1S/C18H19N3O3/c1-12(24-11-13-5-3-7-15(9-13)23-2)18(22)20-16-8-4-6-14-10-19-21-17(14)16/h3-10,12H,11H2,1-2H3,(H,19,21)(H,20,22). The molecule has 1 unspecified atom stereocenters. The average Bonchev–Trinajstić information content (AvgIpc) is 3.09. The van der Waals surface area contributed by atoms with E-state index in [1.54, 1.807) is 20.2 Å². The number of para-hydroxylation sites is 1. The van der Waals surface area contributed by atoms with Gasteiger partial charge in [-0.05, 0) is 30.7 Å². The first-order valence-corrected chi connectivity index (χ1v) is 7.65. The Kier molecular flexibility index (Phi) is 4.77. The first kappa shape index (κ1) is 16.0. The van der Waals surface area contributed by atoms with Gasteiger partial charge in [-0.25, -0.2) is 0 Å². The van der Waals surface area contributed by atoms with Crippen molar-refractivity contribution in [3.63, 3.8) is 0 Å². The summed E-state index contributed by atoms with van der Waals surface area (Å²) >= 11 is 0. The van der Waals surface area contributed by atoms with Crippen molar-refractivity contribution in [1.82, 2.24) is 10.2 Å². The Morgan fingerprint density at radius 2 is 2.12 bits per heavy atom. The minimum absolute atomic E-state index is 0.208. The van der Waals surface area contributed by atoms with E-state index in [-0.39, 0.29) is 5.91 Å². The largest absolute Gasteiger partial charge is 0.497 e. The number of nitrogens with zero attached hydrogens (tertiary/aromatic N) is 1. The Morgan fingerprint density at radius 1 is 1.29 bits per heavy atom. The van der Waals surface area contributed by atoms with E-state index in [9.17, 15) is 4.79 Å². The SMILES string of the molecule is COc1cccc(COC(C)C(=O)Nc2cccc3cn[nH]c23)c1. The smallest absolute Gasteiger partial charge is 0.253 e. The number of aromatic amines is 1. The van der Waals surface area contributed by atoms with E-state index in [0.717, 1.165) is 22.2 Å². The van der Waals surface area contributed by atoms with Crippen molar-refractivity contribution in [2.24, 2.45) is 0 Å². The molecule has 3 rings (SSSR count). The monoisotopic (exact) mass is 325 g/mol. The Morgan fingerprint density at radius 3 is 2.96 bits per heavy atom. The molecule has 1 atom stereocenters. The van der Waals surface area contributed by atoms with Crippen LogP contribution in [0.2, 0.25) is 0 Å². The summed E-state index contributed by atoms with van der Waals surface area (Å²) in [5, 5.41) is 10.7. The fourth-order valence-electron chi connectivity index (χ4n) is 2.37. The number of methoxy groups -OCH3 is 1. The number of hydrogen-bond acceptors (Lipinski definition) is 4. The van der Waals surface area contributed by atoms with Gasteiger partial charge in [0.15, 0.2) is 0 Å². The van der Waals surface area contributed by atoms with Gasteiger partial charge in [0.1, 0.15) is 11.9 Å². The van der Waals surface area contributed by atoms with Crippen molar-refractivity contribution in [3.8, 4) is 5.75 Å². The molecule has 0 bridgehead atoms. The fourth-order valence-corrected chi connectivity index (χ4v) is 2.37. The molecule has 0 aliphatic heterocycles. The van der Waals surface area contributed by atoms with E-state index in [0.29, 0.717) is 12.3 Å². The first-order chi connectivity index (χ1) is 11.7. The Bertz CT molecular complexity index is 844. The minimum atomic E-state index is -0.589. The van der Waals surface area contributed by atoms with Crippen LogP contribution in [0.15, 0.2) is 48.7 Å². The Hall–Kier alpha value is -2.86. The summed E-state index contributed by atoms with van der Waals surface area (Å²) in [7, 11) is 1.62. The van der Waals surface area contributed by atoms with Crippen LogP contribution in [0.1, 0.15) is 12.5 Å². The lowest BCUT2D eigenvalue weighted by Gasteiger charge is -2.14. The van der Waals surface area contributed by atoms with Gasteiger partial charge in [0.2, 0.25) is 0 Å². The number of fused-ring (bicyclic) bond motifs is 1. The number of hydrogen-bond donors (Lipinski definition) is 2. The van der Waals surface area contributed by atoms with Crippen LogP contribution in [0.3, 0.4) is 0 Å². The second-order valence-corrected chi connectivity index (χ2v) is 5.43. The molecule has 1 amide bonds. The van der Waals surface area contributed by atoms with Crippen LogP contribution in [-0.2, 0) is 16.1 Å². The first-order valence-electron chi connectivity index (χ1n) is 7.65. The van der Waals surface area contributed by atoms with Gasteiger partial charge in [-0.15, -0.1) is 0 Å². The van der Waals surface area contributed by atoms with E-state index >= 15 is 0 Å². The molecule has 124 valence electrons. The lowest BCUT2D eigenvalue weighted by atomic mass is 10.2. The van der Waals surface area contributed by atoms with E-state index in [4.69, 9.17) is 9.47 Å². The average molecular weight is 325 g/mol. The highest BCUT2D eigenvalue weighted by molar-refractivity contribution is 6.01. The Labute approximate surface area is 139 Å². The van der Waals surface area contributed by atoms with Gasteiger partial charge in [-0.2, -0.15) is 5.10 Å². The number of H-pyrrole nitrogens is 1. The van der Waals surface area contributed by atoms with Gasteiger partial charge in [0, 0.05) is 5.39 Å². The van der Waals surface area contributed by atoms with Crippen LogP contribution in [0.25, 0.3) is 10.9 Å². The zero-order valence-electron chi connectivity index (χ0n) is 13.6. The molecule has 0 aliphatic carbocycles. The minimum Gasteiger partial charge on any atom is -0.497 e. The number of nitrogens with one attached hydrogen (secondary N) is 2. The summed E-state index contributed by atoms with van der Waals surface area (Å²) in [5.74, 6) is 0.555. The van der Waals surface area contributed by atoms with Crippen molar-refractivity contribution in [2.75, 3.05) is 12.4 Å². The zero-order valence-corrected chi connectivity index (χ0v) is 13.6. The van der Waals surface area contributed by atoms with Crippen LogP contribution in [0, 0.1) is 0 Å². The molecule has 2 N–H and O–H groups in total. The van der Waals surface area contributed by atoms with Gasteiger partial charge >= 0.3 is 0 Å². The summed E-state index contributed by atoms with van der Waals surface area (Å²) in [6, 6.07) is 13.2. The molecule has 2 aromatic carbocycles. The molecule has 0 radical (unpaired) electrons. The van der Waals surface area contributed by atoms with Gasteiger partial charge in [-0.1, -0.05) is 24.3 Å².